The molecule has 0 atom stereocenters. The summed E-state index contributed by atoms with van der Waals surface area (Å²) in [5.41, 5.74) is 6.53. The molecule has 0 bridgehead atoms. The highest BCUT2D eigenvalue weighted by Gasteiger charge is 2.11. The maximum atomic E-state index is 12.1. The molecule has 0 radical (unpaired) electrons. The fourth-order valence-electron chi connectivity index (χ4n) is 1.57. The number of anilines is 1. The maximum Gasteiger partial charge on any atom is 0.258 e. The van der Waals surface area contributed by atoms with Crippen molar-refractivity contribution < 1.29 is 14.3 Å². The molecule has 2 rings (SSSR count). The second-order valence-electron chi connectivity index (χ2n) is 3.97. The highest BCUT2D eigenvalue weighted by molar-refractivity contribution is 6.03. The van der Waals surface area contributed by atoms with Crippen LogP contribution in [0.5, 0.6) is 11.8 Å². The third-order valence-corrected chi connectivity index (χ3v) is 2.61. The molecule has 110 valence electrons. The molecule has 0 fully saturated rings. The molecule has 0 saturated carbocycles. The second-order valence-corrected chi connectivity index (χ2v) is 3.97. The van der Waals surface area contributed by atoms with Crippen LogP contribution in [-0.2, 0) is 6.54 Å². The summed E-state index contributed by atoms with van der Waals surface area (Å²) < 4.78 is 10.0. The Balaban J connectivity index is 2.22. The molecule has 0 aliphatic heterocycles. The molecule has 2 aromatic heterocycles. The number of hydrogen-bond acceptors (Lipinski definition) is 7. The Labute approximate surface area is 121 Å². The first-order chi connectivity index (χ1) is 10.2. The lowest BCUT2D eigenvalue weighted by Crippen LogP contribution is -2.15. The Morgan fingerprint density at radius 2 is 1.90 bits per heavy atom. The number of nitrogens with one attached hydrogen (secondary N) is 1. The summed E-state index contributed by atoms with van der Waals surface area (Å²) in [6.07, 6.45) is 1.52. The van der Waals surface area contributed by atoms with E-state index in [1.807, 2.05) is 0 Å². The van der Waals surface area contributed by atoms with E-state index in [4.69, 9.17) is 15.2 Å². The van der Waals surface area contributed by atoms with Crippen LogP contribution in [-0.4, -0.2) is 35.1 Å². The topological polar surface area (TPSA) is 112 Å². The summed E-state index contributed by atoms with van der Waals surface area (Å²) in [5, 5.41) is 2.57. The van der Waals surface area contributed by atoms with Gasteiger partial charge < -0.3 is 15.2 Å². The molecule has 1 amide bonds. The lowest BCUT2D eigenvalue weighted by atomic mass is 10.2. The largest absolute Gasteiger partial charge is 0.481 e. The summed E-state index contributed by atoms with van der Waals surface area (Å²) in [6.45, 7) is 0.255. The Hall–Kier alpha value is -2.74. The molecule has 3 N–H and O–H groups in total. The average Bonchev–Trinajstić information content (AvgIpc) is 2.54. The number of aromatic nitrogens is 3. The van der Waals surface area contributed by atoms with Crippen molar-refractivity contribution in [2.75, 3.05) is 19.5 Å². The van der Waals surface area contributed by atoms with Gasteiger partial charge in [0.2, 0.25) is 17.7 Å². The van der Waals surface area contributed by atoms with Crippen LogP contribution in [0.2, 0.25) is 0 Å². The van der Waals surface area contributed by atoms with Crippen molar-refractivity contribution in [3.8, 4) is 11.8 Å². The third-order valence-electron chi connectivity index (χ3n) is 2.61. The highest BCUT2D eigenvalue weighted by atomic mass is 16.5. The van der Waals surface area contributed by atoms with Gasteiger partial charge in [0.05, 0.1) is 26.0 Å². The third kappa shape index (κ3) is 3.63. The number of amides is 1. The van der Waals surface area contributed by atoms with Gasteiger partial charge in [-0.3, -0.25) is 15.1 Å². The Morgan fingerprint density at radius 3 is 2.48 bits per heavy atom. The van der Waals surface area contributed by atoms with Crippen molar-refractivity contribution >= 4 is 11.9 Å². The highest BCUT2D eigenvalue weighted by Crippen LogP contribution is 2.17. The van der Waals surface area contributed by atoms with Crippen LogP contribution in [0.15, 0.2) is 24.4 Å². The van der Waals surface area contributed by atoms with Crippen LogP contribution in [0, 0.1) is 0 Å². The SMILES string of the molecule is COc1cc(OC)nc(NC(=O)c2ccnc(CN)c2)n1. The van der Waals surface area contributed by atoms with Crippen molar-refractivity contribution in [3.63, 3.8) is 0 Å². The number of nitrogens with zero attached hydrogens (tertiary/aromatic N) is 3. The van der Waals surface area contributed by atoms with Crippen LogP contribution < -0.4 is 20.5 Å². The summed E-state index contributed by atoms with van der Waals surface area (Å²) in [4.78, 5) is 24.2. The molecular weight excluding hydrogens is 274 g/mol. The molecule has 0 spiro atoms. The van der Waals surface area contributed by atoms with E-state index in [1.54, 1.807) is 12.1 Å². The molecule has 0 aliphatic carbocycles. The number of carbonyl (C=O) groups is 1. The second kappa shape index (κ2) is 6.62. The van der Waals surface area contributed by atoms with Crippen LogP contribution in [0.3, 0.4) is 0 Å². The zero-order valence-electron chi connectivity index (χ0n) is 11.7. The fourth-order valence-corrected chi connectivity index (χ4v) is 1.57. The molecule has 21 heavy (non-hydrogen) atoms. The standard InChI is InChI=1S/C13H15N5O3/c1-20-10-6-11(21-2)17-13(16-10)18-12(19)8-3-4-15-9(5-8)7-14/h3-6H,7,14H2,1-2H3,(H,16,17,18,19). The van der Waals surface area contributed by atoms with Gasteiger partial charge in [-0.15, -0.1) is 0 Å². The van der Waals surface area contributed by atoms with E-state index in [0.29, 0.717) is 11.3 Å². The first-order valence-corrected chi connectivity index (χ1v) is 6.09. The molecule has 8 nitrogen and oxygen atoms in total. The quantitative estimate of drug-likeness (QED) is 0.828. The summed E-state index contributed by atoms with van der Waals surface area (Å²) in [6, 6.07) is 4.69. The Kier molecular flexibility index (Phi) is 4.62. The Morgan fingerprint density at radius 1 is 1.24 bits per heavy atom. The predicted molar refractivity (Wildman–Crippen MR) is 75.2 cm³/mol. The minimum Gasteiger partial charge on any atom is -0.481 e. The number of methoxy groups -OCH3 is 2. The van der Waals surface area contributed by atoms with E-state index in [-0.39, 0.29) is 30.2 Å². The zero-order chi connectivity index (χ0) is 15.2. The van der Waals surface area contributed by atoms with Gasteiger partial charge in [0, 0.05) is 18.3 Å². The molecule has 0 aromatic carbocycles. The van der Waals surface area contributed by atoms with Crippen molar-refractivity contribution in [2.24, 2.45) is 5.73 Å². The lowest BCUT2D eigenvalue weighted by Gasteiger charge is -2.08. The van der Waals surface area contributed by atoms with Gasteiger partial charge in [0.15, 0.2) is 0 Å². The first-order valence-electron chi connectivity index (χ1n) is 6.09. The van der Waals surface area contributed by atoms with Crippen molar-refractivity contribution in [1.82, 2.24) is 15.0 Å². The van der Waals surface area contributed by atoms with E-state index >= 15 is 0 Å². The van der Waals surface area contributed by atoms with E-state index in [0.717, 1.165) is 0 Å². The van der Waals surface area contributed by atoms with Crippen molar-refractivity contribution in [3.05, 3.63) is 35.7 Å². The molecule has 0 aliphatic rings. The number of hydrogen-bond donors (Lipinski definition) is 2. The number of ether oxygens (including phenoxy) is 2. The minimum atomic E-state index is -0.373. The molecule has 0 saturated heterocycles. The van der Waals surface area contributed by atoms with Gasteiger partial charge >= 0.3 is 0 Å². The van der Waals surface area contributed by atoms with Gasteiger partial charge in [0.1, 0.15) is 0 Å². The molecule has 2 aromatic rings. The van der Waals surface area contributed by atoms with Crippen LogP contribution >= 0.6 is 0 Å². The average molecular weight is 289 g/mol. The smallest absolute Gasteiger partial charge is 0.258 e. The fraction of sp³-hybridized carbons (Fsp3) is 0.231. The van der Waals surface area contributed by atoms with Gasteiger partial charge in [-0.2, -0.15) is 9.97 Å². The summed E-state index contributed by atoms with van der Waals surface area (Å²) >= 11 is 0. The van der Waals surface area contributed by atoms with Gasteiger partial charge in [-0.25, -0.2) is 0 Å². The molecule has 8 heteroatoms. The number of pyridine rings is 1. The van der Waals surface area contributed by atoms with Gasteiger partial charge in [-0.05, 0) is 12.1 Å². The van der Waals surface area contributed by atoms with Crippen LogP contribution in [0.1, 0.15) is 16.1 Å². The number of rotatable bonds is 5. The van der Waals surface area contributed by atoms with Gasteiger partial charge in [-0.1, -0.05) is 0 Å². The summed E-state index contributed by atoms with van der Waals surface area (Å²) in [7, 11) is 2.92. The van der Waals surface area contributed by atoms with Gasteiger partial charge in [0.25, 0.3) is 5.91 Å². The number of nitrogens with two attached hydrogens (primary N) is 1. The Bertz CT molecular complexity index is 625. The summed E-state index contributed by atoms with van der Waals surface area (Å²) in [5.74, 6) is 0.286. The van der Waals surface area contributed by atoms with Crippen molar-refractivity contribution in [2.45, 2.75) is 6.54 Å². The van der Waals surface area contributed by atoms with E-state index in [1.165, 1.54) is 26.5 Å². The number of carbonyl (C=O) groups excluding carboxylic acids is 1. The monoisotopic (exact) mass is 289 g/mol. The van der Waals surface area contributed by atoms with E-state index in [2.05, 4.69) is 20.3 Å². The van der Waals surface area contributed by atoms with Crippen molar-refractivity contribution in [1.29, 1.82) is 0 Å². The van der Waals surface area contributed by atoms with Crippen LogP contribution in [0.4, 0.5) is 5.95 Å². The first kappa shape index (κ1) is 14.7. The molecule has 2 heterocycles. The molecular formula is C13H15N5O3. The zero-order valence-corrected chi connectivity index (χ0v) is 11.7. The normalized spacial score (nSPS) is 10.0. The molecule has 0 unspecified atom stereocenters. The maximum absolute atomic E-state index is 12.1. The van der Waals surface area contributed by atoms with Crippen LogP contribution in [0.25, 0.3) is 0 Å². The minimum absolute atomic E-state index is 0.0855. The van der Waals surface area contributed by atoms with E-state index in [9.17, 15) is 4.79 Å². The lowest BCUT2D eigenvalue weighted by molar-refractivity contribution is 0.102. The predicted octanol–water partition coefficient (Wildman–Crippen LogP) is 0.600. The van der Waals surface area contributed by atoms with E-state index < -0.39 is 0 Å².